The van der Waals surface area contributed by atoms with Gasteiger partial charge in [0.1, 0.15) is 5.08 Å². The van der Waals surface area contributed by atoms with Crippen LogP contribution < -0.4 is 16.1 Å². The average Bonchev–Trinajstić information content (AvgIpc) is 2.48. The van der Waals surface area contributed by atoms with Gasteiger partial charge in [-0.1, -0.05) is 0 Å². The summed E-state index contributed by atoms with van der Waals surface area (Å²) in [5, 5.41) is 0.225. The van der Waals surface area contributed by atoms with Crippen LogP contribution in [0, 0.1) is 0 Å². The van der Waals surface area contributed by atoms with E-state index in [0.717, 1.165) is 6.26 Å². The van der Waals surface area contributed by atoms with Gasteiger partial charge in [-0.2, -0.15) is 0 Å². The highest BCUT2D eigenvalue weighted by Crippen LogP contribution is 1.93. The predicted molar refractivity (Wildman–Crippen MR) is 40.2 cm³/mol. The summed E-state index contributed by atoms with van der Waals surface area (Å²) >= 11 is 0. The standard InChI is InChI=1S/C6H7NO7/c1-10-4(11-2)3-12-7-13-5(8)6(9)14-7/h3H,1-2H3. The molecule has 0 N–H and O–H groups in total. The second kappa shape index (κ2) is 4.21. The van der Waals surface area contributed by atoms with Crippen LogP contribution in [0.1, 0.15) is 0 Å². The Bertz CT molecular complexity index is 388. The Balaban J connectivity index is 2.75. The summed E-state index contributed by atoms with van der Waals surface area (Å²) < 4.78 is 17.6. The third-order valence-electron chi connectivity index (χ3n) is 1.12. The van der Waals surface area contributed by atoms with Crippen molar-refractivity contribution in [3.8, 4) is 0 Å². The Morgan fingerprint density at radius 2 is 1.71 bits per heavy atom. The lowest BCUT2D eigenvalue weighted by Crippen LogP contribution is -2.14. The first-order valence-corrected chi connectivity index (χ1v) is 3.36. The quantitative estimate of drug-likeness (QED) is 0.455. The van der Waals surface area contributed by atoms with Crippen molar-refractivity contribution in [1.82, 2.24) is 5.08 Å². The van der Waals surface area contributed by atoms with Crippen LogP contribution in [0.15, 0.2) is 30.8 Å². The van der Waals surface area contributed by atoms with E-state index in [1.165, 1.54) is 14.2 Å². The van der Waals surface area contributed by atoms with Gasteiger partial charge in [0.15, 0.2) is 0 Å². The number of aromatic nitrogens is 1. The van der Waals surface area contributed by atoms with Crippen LogP contribution in [0.3, 0.4) is 0 Å². The number of hydrogen-bond acceptors (Lipinski definition) is 7. The molecule has 0 fully saturated rings. The van der Waals surface area contributed by atoms with Gasteiger partial charge < -0.3 is 14.3 Å². The van der Waals surface area contributed by atoms with Crippen LogP contribution in [0.25, 0.3) is 0 Å². The number of rotatable bonds is 4. The maximum absolute atomic E-state index is 10.5. The van der Waals surface area contributed by atoms with E-state index in [0.29, 0.717) is 0 Å². The van der Waals surface area contributed by atoms with Crippen molar-refractivity contribution in [3.05, 3.63) is 33.0 Å². The minimum absolute atomic E-state index is 0.00370. The van der Waals surface area contributed by atoms with E-state index in [1.807, 2.05) is 0 Å². The lowest BCUT2D eigenvalue weighted by Gasteiger charge is -2.01. The summed E-state index contributed by atoms with van der Waals surface area (Å²) in [7, 11) is 2.67. The van der Waals surface area contributed by atoms with Crippen LogP contribution in [0.4, 0.5) is 0 Å². The Labute approximate surface area is 76.8 Å². The molecular formula is C6H7NO7. The van der Waals surface area contributed by atoms with Crippen molar-refractivity contribution >= 4 is 0 Å². The summed E-state index contributed by atoms with van der Waals surface area (Å²) in [6.07, 6.45) is 0.936. The molecule has 0 spiro atoms. The lowest BCUT2D eigenvalue weighted by atomic mass is 10.9. The van der Waals surface area contributed by atoms with Crippen molar-refractivity contribution in [2.75, 3.05) is 14.2 Å². The van der Waals surface area contributed by atoms with Gasteiger partial charge >= 0.3 is 17.2 Å². The Hall–Kier alpha value is -2.12. The van der Waals surface area contributed by atoms with E-state index in [4.69, 9.17) is 0 Å². The molecule has 1 aromatic heterocycles. The third kappa shape index (κ3) is 2.19. The molecule has 0 aliphatic rings. The van der Waals surface area contributed by atoms with E-state index in [1.54, 1.807) is 0 Å². The Kier molecular flexibility index (Phi) is 3.00. The summed E-state index contributed by atoms with van der Waals surface area (Å²) in [6.45, 7) is 0. The maximum atomic E-state index is 10.5. The maximum Gasteiger partial charge on any atom is 0.449 e. The van der Waals surface area contributed by atoms with Gasteiger partial charge in [-0.05, 0) is 0 Å². The Morgan fingerprint density at radius 3 is 2.14 bits per heavy atom. The zero-order valence-electron chi connectivity index (χ0n) is 7.38. The second-order valence-corrected chi connectivity index (χ2v) is 1.93. The summed E-state index contributed by atoms with van der Waals surface area (Å²) in [6, 6.07) is 0. The molecule has 0 bridgehead atoms. The van der Waals surface area contributed by atoms with E-state index in [2.05, 4.69) is 23.4 Å². The molecular weight excluding hydrogens is 198 g/mol. The van der Waals surface area contributed by atoms with Crippen molar-refractivity contribution in [1.29, 1.82) is 0 Å². The first kappa shape index (κ1) is 9.96. The smallest absolute Gasteiger partial charge is 0.449 e. The van der Waals surface area contributed by atoms with Crippen LogP contribution >= 0.6 is 0 Å². The van der Waals surface area contributed by atoms with E-state index in [9.17, 15) is 9.59 Å². The molecule has 14 heavy (non-hydrogen) atoms. The normalized spacial score (nSPS) is 9.29. The lowest BCUT2D eigenvalue weighted by molar-refractivity contribution is -0.113. The predicted octanol–water partition coefficient (Wildman–Crippen LogP) is -1.09. The fourth-order valence-corrected chi connectivity index (χ4v) is 0.537. The largest absolute Gasteiger partial charge is 0.466 e. The zero-order chi connectivity index (χ0) is 10.6. The summed E-state index contributed by atoms with van der Waals surface area (Å²) in [5.41, 5.74) is -2.34. The number of nitrogens with zero attached hydrogens (tertiary/aromatic N) is 1. The molecule has 0 aliphatic carbocycles. The van der Waals surface area contributed by atoms with Crippen molar-refractivity contribution in [3.63, 3.8) is 0 Å². The van der Waals surface area contributed by atoms with Crippen molar-refractivity contribution < 1.29 is 23.4 Å². The highest BCUT2D eigenvalue weighted by Gasteiger charge is 2.05. The molecule has 0 unspecified atom stereocenters. The van der Waals surface area contributed by atoms with Gasteiger partial charge in [0.05, 0.1) is 14.2 Å². The van der Waals surface area contributed by atoms with Crippen LogP contribution in [0.5, 0.6) is 0 Å². The number of hydrogen-bond donors (Lipinski definition) is 0. The Morgan fingerprint density at radius 1 is 1.21 bits per heavy atom. The van der Waals surface area contributed by atoms with Crippen molar-refractivity contribution in [2.45, 2.75) is 0 Å². The second-order valence-electron chi connectivity index (χ2n) is 1.93. The molecule has 0 amide bonds. The summed E-state index contributed by atoms with van der Waals surface area (Å²) in [4.78, 5) is 25.5. The topological polar surface area (TPSA) is 93.0 Å². The monoisotopic (exact) mass is 205 g/mol. The molecule has 0 saturated carbocycles. The number of ether oxygens (including phenoxy) is 2. The van der Waals surface area contributed by atoms with Gasteiger partial charge in [0.2, 0.25) is 6.26 Å². The van der Waals surface area contributed by atoms with Crippen LogP contribution in [-0.4, -0.2) is 19.3 Å². The molecule has 8 nitrogen and oxygen atoms in total. The number of methoxy groups -OCH3 is 2. The van der Waals surface area contributed by atoms with Crippen LogP contribution in [0.2, 0.25) is 0 Å². The molecule has 1 aromatic rings. The first-order chi connectivity index (χ1) is 6.67. The minimum Gasteiger partial charge on any atom is -0.466 e. The fourth-order valence-electron chi connectivity index (χ4n) is 0.537. The highest BCUT2D eigenvalue weighted by molar-refractivity contribution is 4.73. The van der Waals surface area contributed by atoms with Gasteiger partial charge in [0, 0.05) is 0 Å². The van der Waals surface area contributed by atoms with E-state index < -0.39 is 11.3 Å². The minimum atomic E-state index is -1.17. The molecule has 8 heteroatoms. The molecule has 0 atom stereocenters. The van der Waals surface area contributed by atoms with E-state index >= 15 is 0 Å². The highest BCUT2D eigenvalue weighted by atomic mass is 17.0. The van der Waals surface area contributed by atoms with Gasteiger partial charge in [-0.25, -0.2) is 9.59 Å². The molecule has 0 radical (unpaired) electrons. The summed E-state index contributed by atoms with van der Waals surface area (Å²) in [5.74, 6) is 0.00370. The van der Waals surface area contributed by atoms with Gasteiger partial charge in [-0.3, -0.25) is 9.05 Å². The molecule has 0 aliphatic heterocycles. The molecule has 78 valence electrons. The average molecular weight is 205 g/mol. The first-order valence-electron chi connectivity index (χ1n) is 3.36. The SMILES string of the molecule is COC(=COn1oc(=O)c(=O)o1)OC. The molecule has 0 aromatic carbocycles. The van der Waals surface area contributed by atoms with Crippen LogP contribution in [-0.2, 0) is 9.47 Å². The third-order valence-corrected chi connectivity index (χ3v) is 1.12. The van der Waals surface area contributed by atoms with Crippen molar-refractivity contribution in [2.24, 2.45) is 0 Å². The molecule has 1 heterocycles. The van der Waals surface area contributed by atoms with Gasteiger partial charge in [0.25, 0.3) is 0 Å². The molecule has 1 rings (SSSR count). The van der Waals surface area contributed by atoms with E-state index in [-0.39, 0.29) is 11.0 Å². The molecule has 0 saturated heterocycles. The zero-order valence-corrected chi connectivity index (χ0v) is 7.38. The fraction of sp³-hybridized carbons (Fsp3) is 0.333. The van der Waals surface area contributed by atoms with Gasteiger partial charge in [-0.15, -0.1) is 0 Å².